The first-order valence-electron chi connectivity index (χ1n) is 10.6. The standard InChI is InChI=1S/C22H25BrF3N3O6/c1-21(2,3)35-20(31)29-10-13(8-14(29)11-32-4)28-18(30)19-27-9-17(33-19)15-7-12(23)5-6-16(15)34-22(24,25)26/h5-7,9,13-14H,8,10-11H2,1-4H3,(H,28,30)/t13-,14+/m1/s1. The third kappa shape index (κ3) is 7.34. The Morgan fingerprint density at radius 1 is 1.29 bits per heavy atom. The highest BCUT2D eigenvalue weighted by Crippen LogP contribution is 2.36. The molecule has 2 aromatic rings. The van der Waals surface area contributed by atoms with Gasteiger partial charge in [0.05, 0.1) is 24.4 Å². The molecule has 0 spiro atoms. The van der Waals surface area contributed by atoms with Crippen molar-refractivity contribution in [2.75, 3.05) is 20.3 Å². The Morgan fingerprint density at radius 2 is 2.00 bits per heavy atom. The van der Waals surface area contributed by atoms with Crippen LogP contribution in [0.15, 0.2) is 33.3 Å². The van der Waals surface area contributed by atoms with E-state index in [1.54, 1.807) is 20.8 Å². The average Bonchev–Trinajstić information content (AvgIpc) is 3.35. The highest BCUT2D eigenvalue weighted by atomic mass is 79.9. The van der Waals surface area contributed by atoms with Crippen molar-refractivity contribution in [3.63, 3.8) is 0 Å². The van der Waals surface area contributed by atoms with E-state index in [-0.39, 0.29) is 36.4 Å². The number of hydrogen-bond acceptors (Lipinski definition) is 7. The van der Waals surface area contributed by atoms with E-state index < -0.39 is 35.8 Å². The summed E-state index contributed by atoms with van der Waals surface area (Å²) in [6, 6.07) is 3.09. The van der Waals surface area contributed by atoms with Gasteiger partial charge < -0.3 is 28.8 Å². The van der Waals surface area contributed by atoms with E-state index in [2.05, 4.69) is 31.0 Å². The van der Waals surface area contributed by atoms with Crippen LogP contribution in [0.25, 0.3) is 11.3 Å². The number of alkyl halides is 3. The molecule has 1 aromatic carbocycles. The molecule has 2 atom stereocenters. The van der Waals surface area contributed by atoms with Crippen molar-refractivity contribution >= 4 is 27.9 Å². The molecule has 1 aliphatic heterocycles. The zero-order chi connectivity index (χ0) is 26.0. The van der Waals surface area contributed by atoms with Crippen LogP contribution in [0, 0.1) is 0 Å². The summed E-state index contributed by atoms with van der Waals surface area (Å²) >= 11 is 3.19. The first-order chi connectivity index (χ1) is 16.3. The van der Waals surface area contributed by atoms with Gasteiger partial charge >= 0.3 is 18.4 Å². The van der Waals surface area contributed by atoms with Crippen LogP contribution < -0.4 is 10.1 Å². The molecule has 1 aromatic heterocycles. The van der Waals surface area contributed by atoms with Gasteiger partial charge in [-0.05, 0) is 45.4 Å². The van der Waals surface area contributed by atoms with Crippen LogP contribution in [0.5, 0.6) is 5.75 Å². The van der Waals surface area contributed by atoms with Gasteiger partial charge in [-0.1, -0.05) is 15.9 Å². The fraction of sp³-hybridized carbons (Fsp3) is 0.500. The number of carbonyl (C=O) groups excluding carboxylic acids is 2. The fourth-order valence-electron chi connectivity index (χ4n) is 3.58. The minimum atomic E-state index is -4.91. The van der Waals surface area contributed by atoms with Gasteiger partial charge in [-0.2, -0.15) is 0 Å². The molecule has 2 amide bonds. The highest BCUT2D eigenvalue weighted by Gasteiger charge is 2.39. The van der Waals surface area contributed by atoms with Crippen molar-refractivity contribution < 1.29 is 41.4 Å². The second-order valence-electron chi connectivity index (χ2n) is 8.87. The van der Waals surface area contributed by atoms with Crippen LogP contribution in [0.2, 0.25) is 0 Å². The Morgan fingerprint density at radius 3 is 2.63 bits per heavy atom. The number of rotatable bonds is 6. The topological polar surface area (TPSA) is 103 Å². The molecule has 0 bridgehead atoms. The predicted molar refractivity (Wildman–Crippen MR) is 121 cm³/mol. The molecule has 9 nitrogen and oxygen atoms in total. The first-order valence-corrected chi connectivity index (χ1v) is 11.4. The number of ether oxygens (including phenoxy) is 3. The SMILES string of the molecule is COC[C@@H]1C[C@@H](NC(=O)c2ncc(-c3cc(Br)ccc3OC(F)(F)F)o2)CN1C(=O)OC(C)(C)C. The molecular weight excluding hydrogens is 539 g/mol. The highest BCUT2D eigenvalue weighted by molar-refractivity contribution is 9.10. The Kier molecular flexibility index (Phi) is 8.00. The van der Waals surface area contributed by atoms with Gasteiger partial charge in [0.2, 0.25) is 0 Å². The quantitative estimate of drug-likeness (QED) is 0.540. The van der Waals surface area contributed by atoms with Crippen molar-refractivity contribution in [1.29, 1.82) is 0 Å². The molecule has 13 heteroatoms. The number of aromatic nitrogens is 1. The van der Waals surface area contributed by atoms with Gasteiger partial charge in [0.15, 0.2) is 5.76 Å². The largest absolute Gasteiger partial charge is 0.573 e. The molecule has 1 saturated heterocycles. The third-order valence-electron chi connectivity index (χ3n) is 4.87. The summed E-state index contributed by atoms with van der Waals surface area (Å²) in [5, 5.41) is 2.74. The zero-order valence-corrected chi connectivity index (χ0v) is 21.0. The first kappa shape index (κ1) is 26.8. The molecule has 35 heavy (non-hydrogen) atoms. The second kappa shape index (κ2) is 10.4. The minimum Gasteiger partial charge on any atom is -0.444 e. The lowest BCUT2D eigenvalue weighted by Gasteiger charge is -2.28. The number of hydrogen-bond donors (Lipinski definition) is 1. The maximum atomic E-state index is 12.8. The number of benzene rings is 1. The van der Waals surface area contributed by atoms with E-state index >= 15 is 0 Å². The van der Waals surface area contributed by atoms with Gasteiger partial charge in [-0.3, -0.25) is 4.79 Å². The molecule has 2 heterocycles. The van der Waals surface area contributed by atoms with Crippen LogP contribution in [-0.2, 0) is 9.47 Å². The van der Waals surface area contributed by atoms with E-state index in [0.717, 1.165) is 12.3 Å². The molecule has 0 radical (unpaired) electrons. The van der Waals surface area contributed by atoms with E-state index in [0.29, 0.717) is 10.9 Å². The smallest absolute Gasteiger partial charge is 0.444 e. The summed E-state index contributed by atoms with van der Waals surface area (Å²) in [6.45, 7) is 5.68. The number of carbonyl (C=O) groups is 2. The Bertz CT molecular complexity index is 1070. The van der Waals surface area contributed by atoms with E-state index in [4.69, 9.17) is 13.9 Å². The number of likely N-dealkylation sites (tertiary alicyclic amines) is 1. The third-order valence-corrected chi connectivity index (χ3v) is 5.36. The molecule has 3 rings (SSSR count). The number of halogens is 4. The van der Waals surface area contributed by atoms with Gasteiger partial charge in [0.25, 0.3) is 5.89 Å². The zero-order valence-electron chi connectivity index (χ0n) is 19.4. The molecule has 0 aliphatic carbocycles. The molecule has 0 saturated carbocycles. The molecular formula is C22H25BrF3N3O6. The van der Waals surface area contributed by atoms with Crippen LogP contribution in [0.4, 0.5) is 18.0 Å². The summed E-state index contributed by atoms with van der Waals surface area (Å²) in [4.78, 5) is 30.7. The lowest BCUT2D eigenvalue weighted by atomic mass is 10.1. The van der Waals surface area contributed by atoms with Crippen molar-refractivity contribution in [3.8, 4) is 17.1 Å². The van der Waals surface area contributed by atoms with Crippen molar-refractivity contribution in [3.05, 3.63) is 34.8 Å². The summed E-state index contributed by atoms with van der Waals surface area (Å²) in [5.41, 5.74) is -0.730. The monoisotopic (exact) mass is 563 g/mol. The average molecular weight is 564 g/mol. The maximum absolute atomic E-state index is 12.8. The Labute approximate surface area is 208 Å². The summed E-state index contributed by atoms with van der Waals surface area (Å²) in [5.74, 6) is -1.63. The summed E-state index contributed by atoms with van der Waals surface area (Å²) in [7, 11) is 1.51. The molecule has 1 N–H and O–H groups in total. The van der Waals surface area contributed by atoms with E-state index in [1.807, 2.05) is 0 Å². The van der Waals surface area contributed by atoms with Crippen LogP contribution in [0.3, 0.4) is 0 Å². The van der Waals surface area contributed by atoms with Gasteiger partial charge in [0, 0.05) is 24.2 Å². The second-order valence-corrected chi connectivity index (χ2v) is 9.78. The molecule has 192 valence electrons. The normalized spacial score (nSPS) is 18.5. The van der Waals surface area contributed by atoms with E-state index in [9.17, 15) is 22.8 Å². The van der Waals surface area contributed by atoms with Crippen LogP contribution in [0.1, 0.15) is 37.9 Å². The maximum Gasteiger partial charge on any atom is 0.573 e. The Hall–Kier alpha value is -2.80. The number of amides is 2. The van der Waals surface area contributed by atoms with Crippen LogP contribution >= 0.6 is 15.9 Å². The van der Waals surface area contributed by atoms with Crippen molar-refractivity contribution in [2.24, 2.45) is 0 Å². The number of oxazole rings is 1. The lowest BCUT2D eigenvalue weighted by Crippen LogP contribution is -2.43. The van der Waals surface area contributed by atoms with Gasteiger partial charge in [-0.25, -0.2) is 9.78 Å². The van der Waals surface area contributed by atoms with Crippen LogP contribution in [-0.4, -0.2) is 66.2 Å². The minimum absolute atomic E-state index is 0.0413. The summed E-state index contributed by atoms with van der Waals surface area (Å²) in [6.07, 6.45) is -3.90. The number of methoxy groups -OCH3 is 1. The fourth-order valence-corrected chi connectivity index (χ4v) is 3.94. The van der Waals surface area contributed by atoms with E-state index in [1.165, 1.54) is 24.1 Å². The van der Waals surface area contributed by atoms with Gasteiger partial charge in [0.1, 0.15) is 11.4 Å². The van der Waals surface area contributed by atoms with Crippen molar-refractivity contribution in [2.45, 2.75) is 51.2 Å². The number of nitrogens with one attached hydrogen (secondary N) is 1. The predicted octanol–water partition coefficient (Wildman–Crippen LogP) is 4.76. The lowest BCUT2D eigenvalue weighted by molar-refractivity contribution is -0.274. The van der Waals surface area contributed by atoms with Gasteiger partial charge in [-0.15, -0.1) is 13.2 Å². The molecule has 1 fully saturated rings. The Balaban J connectivity index is 1.73. The molecule has 1 aliphatic rings. The molecule has 0 unspecified atom stereocenters. The number of nitrogens with zero attached hydrogens (tertiary/aromatic N) is 2. The van der Waals surface area contributed by atoms with Crippen molar-refractivity contribution in [1.82, 2.24) is 15.2 Å². The summed E-state index contributed by atoms with van der Waals surface area (Å²) < 4.78 is 58.9.